The van der Waals surface area contributed by atoms with Gasteiger partial charge in [-0.2, -0.15) is 0 Å². The molecule has 0 amide bonds. The van der Waals surface area contributed by atoms with E-state index in [-0.39, 0.29) is 17.6 Å². The van der Waals surface area contributed by atoms with Crippen LogP contribution in [0, 0.1) is 0 Å². The lowest BCUT2D eigenvalue weighted by molar-refractivity contribution is -0.145. The molecule has 2 aliphatic heterocycles. The second-order valence-electron chi connectivity index (χ2n) is 5.63. The summed E-state index contributed by atoms with van der Waals surface area (Å²) in [4.78, 5) is 14.3. The minimum absolute atomic E-state index is 0.0110. The highest BCUT2D eigenvalue weighted by Gasteiger charge is 2.46. The second kappa shape index (κ2) is 4.58. The van der Waals surface area contributed by atoms with Gasteiger partial charge in [0.2, 0.25) is 0 Å². The Morgan fingerprint density at radius 2 is 2.12 bits per heavy atom. The Morgan fingerprint density at radius 3 is 2.82 bits per heavy atom. The fraction of sp³-hybridized carbons (Fsp3) is 0.923. The minimum Gasteiger partial charge on any atom is -0.464 e. The highest BCUT2D eigenvalue weighted by Crippen LogP contribution is 2.37. The van der Waals surface area contributed by atoms with Crippen LogP contribution < -0.4 is 5.32 Å². The van der Waals surface area contributed by atoms with Gasteiger partial charge in [0, 0.05) is 31.6 Å². The zero-order chi connectivity index (χ0) is 11.7. The summed E-state index contributed by atoms with van der Waals surface area (Å²) in [6.07, 6.45) is 7.33. The predicted octanol–water partition coefficient (Wildman–Crippen LogP) is 0.910. The van der Waals surface area contributed by atoms with Crippen LogP contribution in [0.5, 0.6) is 0 Å². The largest absolute Gasteiger partial charge is 0.464 e. The number of carbonyl (C=O) groups excluding carboxylic acids is 1. The maximum Gasteiger partial charge on any atom is 0.323 e. The van der Waals surface area contributed by atoms with Crippen LogP contribution in [-0.2, 0) is 9.53 Å². The first-order valence-corrected chi connectivity index (χ1v) is 6.96. The van der Waals surface area contributed by atoms with Crippen molar-refractivity contribution < 1.29 is 9.53 Å². The van der Waals surface area contributed by atoms with E-state index in [0.29, 0.717) is 6.61 Å². The summed E-state index contributed by atoms with van der Waals surface area (Å²) in [6, 6.07) is 0.0372. The molecular weight excluding hydrogens is 216 g/mol. The van der Waals surface area contributed by atoms with Gasteiger partial charge < -0.3 is 10.1 Å². The summed E-state index contributed by atoms with van der Waals surface area (Å²) in [5, 5.41) is 3.52. The van der Waals surface area contributed by atoms with Crippen LogP contribution in [0.25, 0.3) is 0 Å². The topological polar surface area (TPSA) is 41.6 Å². The molecule has 2 saturated heterocycles. The van der Waals surface area contributed by atoms with E-state index in [1.807, 2.05) is 0 Å². The molecule has 0 radical (unpaired) electrons. The number of esters is 1. The number of rotatable bonds is 1. The average molecular weight is 238 g/mol. The van der Waals surface area contributed by atoms with Crippen LogP contribution in [0.3, 0.4) is 0 Å². The minimum atomic E-state index is 0.0110. The SMILES string of the molecule is O=C1OCCC1N1CCNCC12CCCCC2. The standard InChI is InChI=1S/C13H22N2O2/c16-12-11(4-9-17-12)15-8-7-14-10-13(15)5-2-1-3-6-13/h11,14H,1-10H2. The average Bonchev–Trinajstić information content (AvgIpc) is 2.77. The third-order valence-corrected chi connectivity index (χ3v) is 4.66. The van der Waals surface area contributed by atoms with Crippen LogP contribution in [0.2, 0.25) is 0 Å². The zero-order valence-electron chi connectivity index (χ0n) is 10.4. The molecule has 1 N–H and O–H groups in total. The Balaban J connectivity index is 1.81. The Kier molecular flexibility index (Phi) is 3.09. The van der Waals surface area contributed by atoms with E-state index in [0.717, 1.165) is 26.1 Å². The van der Waals surface area contributed by atoms with Gasteiger partial charge in [-0.1, -0.05) is 19.3 Å². The third kappa shape index (κ3) is 1.97. The van der Waals surface area contributed by atoms with Crippen LogP contribution in [-0.4, -0.2) is 48.7 Å². The highest BCUT2D eigenvalue weighted by molar-refractivity contribution is 5.77. The predicted molar refractivity (Wildman–Crippen MR) is 64.8 cm³/mol. The molecule has 2 heterocycles. The summed E-state index contributed by atoms with van der Waals surface area (Å²) >= 11 is 0. The van der Waals surface area contributed by atoms with Gasteiger partial charge in [-0.05, 0) is 12.8 Å². The van der Waals surface area contributed by atoms with Gasteiger partial charge in [-0.3, -0.25) is 9.69 Å². The Hall–Kier alpha value is -0.610. The molecule has 0 aromatic rings. The maximum atomic E-state index is 11.8. The first-order chi connectivity index (χ1) is 8.32. The molecule has 3 rings (SSSR count). The van der Waals surface area contributed by atoms with E-state index in [4.69, 9.17) is 4.74 Å². The smallest absolute Gasteiger partial charge is 0.323 e. The van der Waals surface area contributed by atoms with Crippen LogP contribution in [0.1, 0.15) is 38.5 Å². The van der Waals surface area contributed by atoms with Crippen LogP contribution in [0.4, 0.5) is 0 Å². The van der Waals surface area contributed by atoms with Crippen molar-refractivity contribution in [2.75, 3.05) is 26.2 Å². The monoisotopic (exact) mass is 238 g/mol. The summed E-state index contributed by atoms with van der Waals surface area (Å²) in [5.41, 5.74) is 0.241. The van der Waals surface area contributed by atoms with Crippen molar-refractivity contribution in [3.05, 3.63) is 0 Å². The van der Waals surface area contributed by atoms with E-state index in [1.54, 1.807) is 0 Å². The maximum absolute atomic E-state index is 11.8. The van der Waals surface area contributed by atoms with Crippen molar-refractivity contribution in [3.63, 3.8) is 0 Å². The molecule has 1 aliphatic carbocycles. The van der Waals surface area contributed by atoms with Gasteiger partial charge in [0.25, 0.3) is 0 Å². The molecule has 0 aromatic carbocycles. The number of hydrogen-bond acceptors (Lipinski definition) is 4. The number of hydrogen-bond donors (Lipinski definition) is 1. The number of nitrogens with zero attached hydrogens (tertiary/aromatic N) is 1. The fourth-order valence-corrected chi connectivity index (χ4v) is 3.79. The quantitative estimate of drug-likeness (QED) is 0.690. The van der Waals surface area contributed by atoms with Gasteiger partial charge in [-0.25, -0.2) is 0 Å². The first kappa shape index (κ1) is 11.5. The molecule has 1 saturated carbocycles. The molecule has 3 aliphatic rings. The van der Waals surface area contributed by atoms with Crippen molar-refractivity contribution in [1.29, 1.82) is 0 Å². The fourth-order valence-electron chi connectivity index (χ4n) is 3.79. The molecule has 0 bridgehead atoms. The molecular formula is C13H22N2O2. The van der Waals surface area contributed by atoms with Crippen molar-refractivity contribution in [3.8, 4) is 0 Å². The van der Waals surface area contributed by atoms with Crippen LogP contribution in [0.15, 0.2) is 0 Å². The zero-order valence-corrected chi connectivity index (χ0v) is 10.4. The first-order valence-electron chi connectivity index (χ1n) is 6.96. The highest BCUT2D eigenvalue weighted by atomic mass is 16.5. The molecule has 0 aromatic heterocycles. The lowest BCUT2D eigenvalue weighted by Gasteiger charge is -2.51. The number of nitrogens with one attached hydrogen (secondary N) is 1. The number of carbonyl (C=O) groups is 1. The molecule has 96 valence electrons. The molecule has 1 spiro atoms. The molecule has 1 unspecified atom stereocenters. The summed E-state index contributed by atoms with van der Waals surface area (Å²) in [5.74, 6) is 0.0110. The number of piperazine rings is 1. The normalized spacial score (nSPS) is 33.9. The lowest BCUT2D eigenvalue weighted by Crippen LogP contribution is -2.65. The third-order valence-electron chi connectivity index (χ3n) is 4.66. The Morgan fingerprint density at radius 1 is 1.29 bits per heavy atom. The van der Waals surface area contributed by atoms with Gasteiger partial charge in [0.15, 0.2) is 0 Å². The Bertz CT molecular complexity index is 292. The van der Waals surface area contributed by atoms with Gasteiger partial charge in [0.1, 0.15) is 6.04 Å². The van der Waals surface area contributed by atoms with E-state index >= 15 is 0 Å². The van der Waals surface area contributed by atoms with Crippen molar-refractivity contribution >= 4 is 5.97 Å². The number of cyclic esters (lactones) is 1. The summed E-state index contributed by atoms with van der Waals surface area (Å²) < 4.78 is 5.15. The second-order valence-corrected chi connectivity index (χ2v) is 5.63. The summed E-state index contributed by atoms with van der Waals surface area (Å²) in [7, 11) is 0. The van der Waals surface area contributed by atoms with E-state index in [1.165, 1.54) is 32.1 Å². The van der Waals surface area contributed by atoms with Gasteiger partial charge in [-0.15, -0.1) is 0 Å². The molecule has 1 atom stereocenters. The summed E-state index contributed by atoms with van der Waals surface area (Å²) in [6.45, 7) is 3.67. The van der Waals surface area contributed by atoms with Gasteiger partial charge in [0.05, 0.1) is 6.61 Å². The van der Waals surface area contributed by atoms with Crippen molar-refractivity contribution in [2.45, 2.75) is 50.1 Å². The molecule has 4 heteroatoms. The van der Waals surface area contributed by atoms with E-state index < -0.39 is 0 Å². The van der Waals surface area contributed by atoms with Crippen molar-refractivity contribution in [2.24, 2.45) is 0 Å². The Labute approximate surface area is 103 Å². The van der Waals surface area contributed by atoms with E-state index in [2.05, 4.69) is 10.2 Å². The molecule has 3 fully saturated rings. The van der Waals surface area contributed by atoms with Gasteiger partial charge >= 0.3 is 5.97 Å². The number of ether oxygens (including phenoxy) is 1. The molecule has 17 heavy (non-hydrogen) atoms. The van der Waals surface area contributed by atoms with Crippen molar-refractivity contribution in [1.82, 2.24) is 10.2 Å². The van der Waals surface area contributed by atoms with Crippen LogP contribution >= 0.6 is 0 Å². The molecule has 4 nitrogen and oxygen atoms in total. The lowest BCUT2D eigenvalue weighted by atomic mass is 9.78. The van der Waals surface area contributed by atoms with E-state index in [9.17, 15) is 4.79 Å².